The monoisotopic (exact) mass is 471 g/mol. The van der Waals surface area contributed by atoms with Gasteiger partial charge in [-0.05, 0) is 50.3 Å². The number of thioether (sulfide) groups is 1. The SMILES string of the molecule is CCC(Sc1cc(C)c2cccc(C)c2n1)C(=O)Nc1nc(C)c(C(=O)OCC(C)C)s1. The van der Waals surface area contributed by atoms with E-state index in [1.165, 1.54) is 11.8 Å². The van der Waals surface area contributed by atoms with Gasteiger partial charge in [0.2, 0.25) is 5.91 Å². The van der Waals surface area contributed by atoms with Crippen LogP contribution in [0.5, 0.6) is 0 Å². The number of rotatable bonds is 8. The number of pyridine rings is 1. The van der Waals surface area contributed by atoms with Gasteiger partial charge in [-0.1, -0.05) is 62.1 Å². The Morgan fingerprint density at radius 3 is 2.59 bits per heavy atom. The second-order valence-electron chi connectivity index (χ2n) is 8.18. The normalized spacial score (nSPS) is 12.2. The van der Waals surface area contributed by atoms with Crippen LogP contribution >= 0.6 is 23.1 Å². The van der Waals surface area contributed by atoms with E-state index in [0.717, 1.165) is 38.4 Å². The van der Waals surface area contributed by atoms with Gasteiger partial charge in [0, 0.05) is 5.39 Å². The fourth-order valence-electron chi connectivity index (χ4n) is 3.19. The van der Waals surface area contributed by atoms with Gasteiger partial charge in [-0.3, -0.25) is 4.79 Å². The van der Waals surface area contributed by atoms with E-state index < -0.39 is 5.97 Å². The first kappa shape index (κ1) is 24.2. The van der Waals surface area contributed by atoms with Crippen LogP contribution in [0.25, 0.3) is 10.9 Å². The molecule has 3 aromatic rings. The molecule has 0 saturated heterocycles. The zero-order valence-corrected chi connectivity index (χ0v) is 20.9. The number of nitrogens with one attached hydrogen (secondary N) is 1. The number of carbonyl (C=O) groups excluding carboxylic acids is 2. The number of esters is 1. The third-order valence-electron chi connectivity index (χ3n) is 4.91. The van der Waals surface area contributed by atoms with Crippen molar-refractivity contribution in [3.8, 4) is 0 Å². The summed E-state index contributed by atoms with van der Waals surface area (Å²) < 4.78 is 5.30. The van der Waals surface area contributed by atoms with Gasteiger partial charge in [-0.2, -0.15) is 0 Å². The predicted molar refractivity (Wildman–Crippen MR) is 132 cm³/mol. The molecule has 3 rings (SSSR count). The van der Waals surface area contributed by atoms with Crippen molar-refractivity contribution in [2.24, 2.45) is 5.92 Å². The highest BCUT2D eigenvalue weighted by molar-refractivity contribution is 8.00. The van der Waals surface area contributed by atoms with Gasteiger partial charge < -0.3 is 10.1 Å². The molecular weight excluding hydrogens is 442 g/mol. The van der Waals surface area contributed by atoms with Crippen LogP contribution in [0.15, 0.2) is 29.3 Å². The summed E-state index contributed by atoms with van der Waals surface area (Å²) in [6.07, 6.45) is 0.636. The Kier molecular flexibility index (Phi) is 7.90. The van der Waals surface area contributed by atoms with Crippen LogP contribution in [0.2, 0.25) is 0 Å². The molecule has 1 amide bonds. The number of carbonyl (C=O) groups is 2. The third-order valence-corrected chi connectivity index (χ3v) is 7.25. The Balaban J connectivity index is 1.73. The Labute approximate surface area is 197 Å². The number of ether oxygens (including phenoxy) is 1. The van der Waals surface area contributed by atoms with Gasteiger partial charge >= 0.3 is 5.97 Å². The summed E-state index contributed by atoms with van der Waals surface area (Å²) in [5, 5.41) is 4.89. The molecule has 1 unspecified atom stereocenters. The first-order valence-electron chi connectivity index (χ1n) is 10.7. The lowest BCUT2D eigenvalue weighted by Crippen LogP contribution is -2.24. The average Bonchev–Trinajstić information content (AvgIpc) is 3.10. The van der Waals surface area contributed by atoms with Gasteiger partial charge in [-0.25, -0.2) is 14.8 Å². The number of anilines is 1. The van der Waals surface area contributed by atoms with E-state index in [-0.39, 0.29) is 17.1 Å². The summed E-state index contributed by atoms with van der Waals surface area (Å²) in [6.45, 7) is 12.1. The second-order valence-corrected chi connectivity index (χ2v) is 10.4. The fourth-order valence-corrected chi connectivity index (χ4v) is 5.07. The van der Waals surface area contributed by atoms with Crippen LogP contribution in [0.4, 0.5) is 5.13 Å². The Bertz CT molecular complexity index is 1140. The van der Waals surface area contributed by atoms with Crippen molar-refractivity contribution in [1.82, 2.24) is 9.97 Å². The number of aromatic nitrogens is 2. The maximum atomic E-state index is 13.0. The van der Waals surface area contributed by atoms with Crippen LogP contribution in [0.3, 0.4) is 0 Å². The van der Waals surface area contributed by atoms with Gasteiger partial charge in [-0.15, -0.1) is 0 Å². The smallest absolute Gasteiger partial charge is 0.350 e. The molecule has 170 valence electrons. The molecule has 0 bridgehead atoms. The predicted octanol–water partition coefficient (Wildman–Crippen LogP) is 5.94. The summed E-state index contributed by atoms with van der Waals surface area (Å²) in [5.74, 6) is -0.302. The lowest BCUT2D eigenvalue weighted by atomic mass is 10.1. The Morgan fingerprint density at radius 2 is 1.91 bits per heavy atom. The second kappa shape index (κ2) is 10.4. The number of thiazole rings is 1. The van der Waals surface area contributed by atoms with E-state index in [9.17, 15) is 9.59 Å². The molecule has 1 atom stereocenters. The molecule has 0 aliphatic carbocycles. The van der Waals surface area contributed by atoms with E-state index in [4.69, 9.17) is 9.72 Å². The third kappa shape index (κ3) is 5.66. The van der Waals surface area contributed by atoms with E-state index in [1.807, 2.05) is 45.9 Å². The quantitative estimate of drug-likeness (QED) is 0.323. The molecule has 1 N–H and O–H groups in total. The minimum atomic E-state index is -0.401. The van der Waals surface area contributed by atoms with E-state index in [0.29, 0.717) is 28.7 Å². The molecule has 0 spiro atoms. The van der Waals surface area contributed by atoms with Gasteiger partial charge in [0.25, 0.3) is 0 Å². The number of amides is 1. The van der Waals surface area contributed by atoms with E-state index >= 15 is 0 Å². The fraction of sp³-hybridized carbons (Fsp3) is 0.417. The highest BCUT2D eigenvalue weighted by Crippen LogP contribution is 2.31. The van der Waals surface area contributed by atoms with Gasteiger partial charge in [0.1, 0.15) is 4.88 Å². The molecule has 0 fully saturated rings. The molecule has 0 aliphatic rings. The molecule has 1 aromatic carbocycles. The topological polar surface area (TPSA) is 81.2 Å². The standard InChI is InChI=1S/C24H29N3O3S2/c1-7-18(31-19-11-15(5)17-10-8-9-14(4)20(17)26-19)22(28)27-24-25-16(6)21(32-24)23(29)30-12-13(2)3/h8-11,13,18H,7,12H2,1-6H3,(H,25,27,28). The molecule has 0 radical (unpaired) electrons. The number of hydrogen-bond donors (Lipinski definition) is 1. The van der Waals surface area contributed by atoms with E-state index in [2.05, 4.69) is 23.3 Å². The van der Waals surface area contributed by atoms with Gasteiger partial charge in [0.05, 0.1) is 28.1 Å². The molecule has 8 heteroatoms. The average molecular weight is 472 g/mol. The first-order chi connectivity index (χ1) is 15.2. The largest absolute Gasteiger partial charge is 0.461 e. The van der Waals surface area contributed by atoms with Crippen LogP contribution in [-0.4, -0.2) is 33.7 Å². The van der Waals surface area contributed by atoms with Crippen LogP contribution in [-0.2, 0) is 9.53 Å². The number of para-hydroxylation sites is 1. The lowest BCUT2D eigenvalue weighted by molar-refractivity contribution is -0.115. The van der Waals surface area contributed by atoms with Crippen molar-refractivity contribution in [3.05, 3.63) is 46.0 Å². The van der Waals surface area contributed by atoms with Crippen molar-refractivity contribution in [1.29, 1.82) is 0 Å². The van der Waals surface area contributed by atoms with Crippen LogP contribution in [0.1, 0.15) is 53.7 Å². The zero-order chi connectivity index (χ0) is 23.4. The first-order valence-corrected chi connectivity index (χ1v) is 12.4. The summed E-state index contributed by atoms with van der Waals surface area (Å²) in [4.78, 5) is 34.8. The number of benzene rings is 1. The molecule has 6 nitrogen and oxygen atoms in total. The number of fused-ring (bicyclic) bond motifs is 1. The highest BCUT2D eigenvalue weighted by atomic mass is 32.2. The van der Waals surface area contributed by atoms with Crippen molar-refractivity contribution >= 4 is 51.0 Å². The highest BCUT2D eigenvalue weighted by Gasteiger charge is 2.23. The molecule has 2 heterocycles. The van der Waals surface area contributed by atoms with Gasteiger partial charge in [0.15, 0.2) is 5.13 Å². The minimum Gasteiger partial charge on any atom is -0.461 e. The molecule has 0 saturated carbocycles. The number of nitrogens with zero attached hydrogens (tertiary/aromatic N) is 2. The minimum absolute atomic E-state index is 0.155. The number of hydrogen-bond acceptors (Lipinski definition) is 7. The maximum Gasteiger partial charge on any atom is 0.350 e. The summed E-state index contributed by atoms with van der Waals surface area (Å²) in [5.41, 5.74) is 3.77. The zero-order valence-electron chi connectivity index (χ0n) is 19.3. The summed E-state index contributed by atoms with van der Waals surface area (Å²) >= 11 is 2.59. The Hall–Kier alpha value is -2.45. The van der Waals surface area contributed by atoms with E-state index in [1.54, 1.807) is 6.92 Å². The Morgan fingerprint density at radius 1 is 1.16 bits per heavy atom. The van der Waals surface area contributed by atoms with Crippen LogP contribution in [0, 0.1) is 26.7 Å². The molecule has 2 aromatic heterocycles. The molecule has 0 aliphatic heterocycles. The molecular formula is C24H29N3O3S2. The van der Waals surface area contributed by atoms with Crippen molar-refractivity contribution in [3.63, 3.8) is 0 Å². The maximum absolute atomic E-state index is 13.0. The summed E-state index contributed by atoms with van der Waals surface area (Å²) in [7, 11) is 0. The summed E-state index contributed by atoms with van der Waals surface area (Å²) in [6, 6.07) is 8.17. The van der Waals surface area contributed by atoms with Crippen molar-refractivity contribution in [2.45, 2.75) is 58.2 Å². The van der Waals surface area contributed by atoms with Crippen molar-refractivity contribution in [2.75, 3.05) is 11.9 Å². The molecule has 32 heavy (non-hydrogen) atoms. The van der Waals surface area contributed by atoms with Crippen molar-refractivity contribution < 1.29 is 14.3 Å². The number of aryl methyl sites for hydroxylation is 3. The lowest BCUT2D eigenvalue weighted by Gasteiger charge is -2.14. The van der Waals surface area contributed by atoms with Crippen LogP contribution < -0.4 is 5.32 Å².